The second-order valence-electron chi connectivity index (χ2n) is 4.81. The van der Waals surface area contributed by atoms with E-state index in [-0.39, 0.29) is 18.2 Å². The van der Waals surface area contributed by atoms with Crippen molar-refractivity contribution in [3.05, 3.63) is 35.4 Å². The third-order valence-electron chi connectivity index (χ3n) is 3.01. The van der Waals surface area contributed by atoms with Gasteiger partial charge in [0.15, 0.2) is 0 Å². The molecule has 1 aromatic carbocycles. The Kier molecular flexibility index (Phi) is 6.33. The Bertz CT molecular complexity index is 354. The smallest absolute Gasteiger partial charge is 0.0980 e. The van der Waals surface area contributed by atoms with Crippen molar-refractivity contribution in [2.75, 3.05) is 13.7 Å². The second kappa shape index (κ2) is 7.52. The Morgan fingerprint density at radius 3 is 2.61 bits per heavy atom. The number of benzene rings is 1. The predicted octanol–water partition coefficient (Wildman–Crippen LogP) is 2.82. The van der Waals surface area contributed by atoms with Gasteiger partial charge in [-0.25, -0.2) is 0 Å². The quantitative estimate of drug-likeness (QED) is 0.810. The Morgan fingerprint density at radius 1 is 1.33 bits per heavy atom. The van der Waals surface area contributed by atoms with E-state index in [1.54, 1.807) is 7.11 Å². The van der Waals surface area contributed by atoms with E-state index < -0.39 is 0 Å². The fourth-order valence-corrected chi connectivity index (χ4v) is 2.01. The molecule has 102 valence electrons. The molecule has 0 saturated heterocycles. The molecule has 0 amide bonds. The highest BCUT2D eigenvalue weighted by atomic mass is 16.5. The van der Waals surface area contributed by atoms with Gasteiger partial charge in [-0.15, -0.1) is 0 Å². The van der Waals surface area contributed by atoms with E-state index in [4.69, 9.17) is 15.2 Å². The van der Waals surface area contributed by atoms with Crippen molar-refractivity contribution < 1.29 is 9.47 Å². The van der Waals surface area contributed by atoms with Crippen LogP contribution in [0.1, 0.15) is 37.5 Å². The Morgan fingerprint density at radius 2 is 2.06 bits per heavy atom. The van der Waals surface area contributed by atoms with Crippen molar-refractivity contribution in [3.63, 3.8) is 0 Å². The molecule has 0 radical (unpaired) electrons. The number of hydrogen-bond acceptors (Lipinski definition) is 3. The zero-order valence-corrected chi connectivity index (χ0v) is 11.8. The molecule has 3 unspecified atom stereocenters. The average molecular weight is 251 g/mol. The maximum atomic E-state index is 6.18. The molecule has 0 aliphatic carbocycles. The highest BCUT2D eigenvalue weighted by Crippen LogP contribution is 2.24. The van der Waals surface area contributed by atoms with Crippen LogP contribution in [-0.2, 0) is 9.47 Å². The second-order valence-corrected chi connectivity index (χ2v) is 4.81. The van der Waals surface area contributed by atoms with E-state index in [1.165, 1.54) is 5.56 Å². The van der Waals surface area contributed by atoms with Gasteiger partial charge < -0.3 is 15.2 Å². The lowest BCUT2D eigenvalue weighted by Gasteiger charge is -2.27. The molecular weight excluding hydrogens is 226 g/mol. The standard InChI is InChI=1S/C15H25NO2/c1-5-14(16)15(18-12(3)10-17-4)13-8-6-7-11(2)9-13/h6-9,12,14-15H,5,10,16H2,1-4H3. The van der Waals surface area contributed by atoms with E-state index in [1.807, 2.05) is 13.0 Å². The third kappa shape index (κ3) is 4.41. The number of aryl methyl sites for hydroxylation is 1. The summed E-state index contributed by atoms with van der Waals surface area (Å²) in [7, 11) is 1.68. The first-order valence-corrected chi connectivity index (χ1v) is 6.55. The molecule has 0 aromatic heterocycles. The lowest BCUT2D eigenvalue weighted by Crippen LogP contribution is -2.33. The highest BCUT2D eigenvalue weighted by Gasteiger charge is 2.21. The number of methoxy groups -OCH3 is 1. The van der Waals surface area contributed by atoms with Gasteiger partial charge in [0.05, 0.1) is 18.8 Å². The maximum Gasteiger partial charge on any atom is 0.0980 e. The molecule has 2 N–H and O–H groups in total. The molecule has 18 heavy (non-hydrogen) atoms. The van der Waals surface area contributed by atoms with Crippen molar-refractivity contribution in [1.29, 1.82) is 0 Å². The van der Waals surface area contributed by atoms with Crippen LogP contribution in [0.5, 0.6) is 0 Å². The molecule has 0 saturated carbocycles. The summed E-state index contributed by atoms with van der Waals surface area (Å²) < 4.78 is 11.1. The molecule has 0 bridgehead atoms. The lowest BCUT2D eigenvalue weighted by atomic mass is 9.99. The zero-order chi connectivity index (χ0) is 13.5. The molecule has 3 heteroatoms. The van der Waals surface area contributed by atoms with Crippen LogP contribution in [0.2, 0.25) is 0 Å². The summed E-state index contributed by atoms with van der Waals surface area (Å²) in [4.78, 5) is 0. The number of hydrogen-bond donors (Lipinski definition) is 1. The van der Waals surface area contributed by atoms with Gasteiger partial charge in [-0.2, -0.15) is 0 Å². The molecule has 1 aromatic rings. The number of nitrogens with two attached hydrogens (primary N) is 1. The van der Waals surface area contributed by atoms with Crippen LogP contribution < -0.4 is 5.73 Å². The summed E-state index contributed by atoms with van der Waals surface area (Å²) in [5, 5.41) is 0. The third-order valence-corrected chi connectivity index (χ3v) is 3.01. The molecule has 0 aliphatic heterocycles. The number of ether oxygens (including phenoxy) is 2. The summed E-state index contributed by atoms with van der Waals surface area (Å²) in [6.45, 7) is 6.75. The molecule has 3 nitrogen and oxygen atoms in total. The first kappa shape index (κ1) is 15.2. The topological polar surface area (TPSA) is 44.5 Å². The summed E-state index contributed by atoms with van der Waals surface area (Å²) in [6, 6.07) is 8.35. The van der Waals surface area contributed by atoms with Crippen LogP contribution in [0.15, 0.2) is 24.3 Å². The lowest BCUT2D eigenvalue weighted by molar-refractivity contribution is -0.0507. The molecule has 0 spiro atoms. The maximum absolute atomic E-state index is 6.18. The van der Waals surface area contributed by atoms with Crippen LogP contribution in [-0.4, -0.2) is 25.9 Å². The van der Waals surface area contributed by atoms with Gasteiger partial charge in [-0.3, -0.25) is 0 Å². The first-order chi connectivity index (χ1) is 8.58. The normalized spacial score (nSPS) is 16.3. The van der Waals surface area contributed by atoms with Crippen molar-refractivity contribution in [2.24, 2.45) is 5.73 Å². The van der Waals surface area contributed by atoms with Gasteiger partial charge >= 0.3 is 0 Å². The van der Waals surface area contributed by atoms with Crippen LogP contribution in [0, 0.1) is 6.92 Å². The van der Waals surface area contributed by atoms with Crippen LogP contribution in [0.3, 0.4) is 0 Å². The minimum atomic E-state index is -0.0694. The van der Waals surface area contributed by atoms with E-state index in [0.29, 0.717) is 6.61 Å². The molecule has 0 heterocycles. The average Bonchev–Trinajstić information content (AvgIpc) is 2.35. The summed E-state index contributed by atoms with van der Waals surface area (Å²) in [6.07, 6.45) is 0.858. The van der Waals surface area contributed by atoms with E-state index >= 15 is 0 Å². The molecule has 0 aliphatic rings. The Labute approximate surface area is 110 Å². The predicted molar refractivity (Wildman–Crippen MR) is 74.6 cm³/mol. The van der Waals surface area contributed by atoms with Gasteiger partial charge in [0.25, 0.3) is 0 Å². The summed E-state index contributed by atoms with van der Waals surface area (Å²) >= 11 is 0. The summed E-state index contributed by atoms with van der Waals surface area (Å²) in [5.74, 6) is 0. The fourth-order valence-electron chi connectivity index (χ4n) is 2.01. The van der Waals surface area contributed by atoms with Gasteiger partial charge in [0, 0.05) is 13.2 Å². The molecule has 1 rings (SSSR count). The van der Waals surface area contributed by atoms with E-state index in [0.717, 1.165) is 12.0 Å². The van der Waals surface area contributed by atoms with E-state index in [9.17, 15) is 0 Å². The minimum absolute atomic E-state index is 0.00565. The van der Waals surface area contributed by atoms with Crippen LogP contribution >= 0.6 is 0 Å². The van der Waals surface area contributed by atoms with E-state index in [2.05, 4.69) is 32.0 Å². The van der Waals surface area contributed by atoms with Crippen molar-refractivity contribution >= 4 is 0 Å². The Balaban J connectivity index is 2.84. The number of rotatable bonds is 7. The van der Waals surface area contributed by atoms with Crippen LogP contribution in [0.25, 0.3) is 0 Å². The fraction of sp³-hybridized carbons (Fsp3) is 0.600. The summed E-state index contributed by atoms with van der Waals surface area (Å²) in [5.41, 5.74) is 8.55. The molecular formula is C15H25NO2. The molecule has 0 fully saturated rings. The van der Waals surface area contributed by atoms with Crippen molar-refractivity contribution in [1.82, 2.24) is 0 Å². The van der Waals surface area contributed by atoms with Crippen LogP contribution in [0.4, 0.5) is 0 Å². The zero-order valence-electron chi connectivity index (χ0n) is 11.8. The SMILES string of the molecule is CCC(N)C(OC(C)COC)c1cccc(C)c1. The minimum Gasteiger partial charge on any atom is -0.382 e. The van der Waals surface area contributed by atoms with Gasteiger partial charge in [-0.05, 0) is 25.8 Å². The van der Waals surface area contributed by atoms with Crippen molar-refractivity contribution in [2.45, 2.75) is 45.4 Å². The largest absolute Gasteiger partial charge is 0.382 e. The van der Waals surface area contributed by atoms with Gasteiger partial charge in [0.1, 0.15) is 0 Å². The monoisotopic (exact) mass is 251 g/mol. The highest BCUT2D eigenvalue weighted by molar-refractivity contribution is 5.25. The molecule has 3 atom stereocenters. The van der Waals surface area contributed by atoms with Crippen molar-refractivity contribution in [3.8, 4) is 0 Å². The van der Waals surface area contributed by atoms with Gasteiger partial charge in [0.2, 0.25) is 0 Å². The first-order valence-electron chi connectivity index (χ1n) is 6.55. The van der Waals surface area contributed by atoms with Gasteiger partial charge in [-0.1, -0.05) is 36.8 Å². The Hall–Kier alpha value is -0.900.